The monoisotopic (exact) mass is 1920 g/mol. The lowest BCUT2D eigenvalue weighted by molar-refractivity contribution is 0.563. The number of nitriles is 3. The van der Waals surface area contributed by atoms with Gasteiger partial charge in [-0.05, 0) is 199 Å². The van der Waals surface area contributed by atoms with Gasteiger partial charge in [-0.25, -0.2) is 39.9 Å². The summed E-state index contributed by atoms with van der Waals surface area (Å²) in [6.07, 6.45) is 0. The van der Waals surface area contributed by atoms with E-state index in [9.17, 15) is 15.8 Å². The van der Waals surface area contributed by atoms with Gasteiger partial charge in [0.25, 0.3) is 0 Å². The van der Waals surface area contributed by atoms with Crippen LogP contribution in [0.3, 0.4) is 0 Å². The van der Waals surface area contributed by atoms with Gasteiger partial charge in [0.2, 0.25) is 0 Å². The maximum Gasteiger partial charge on any atom is 0.164 e. The highest BCUT2D eigenvalue weighted by Gasteiger charge is 2.57. The van der Waals surface area contributed by atoms with Crippen molar-refractivity contribution >= 4 is 0 Å². The first-order chi connectivity index (χ1) is 73.5. The van der Waals surface area contributed by atoms with Crippen LogP contribution in [-0.4, -0.2) is 39.9 Å². The summed E-state index contributed by atoms with van der Waals surface area (Å²) < 4.78 is 0. The van der Waals surface area contributed by atoms with Gasteiger partial charge < -0.3 is 0 Å². The predicted molar refractivity (Wildman–Crippen MR) is 598 cm³/mol. The van der Waals surface area contributed by atoms with E-state index >= 15 is 0 Å². The molecular weight excluding hydrogens is 1820 g/mol. The fourth-order valence-corrected chi connectivity index (χ4v) is 25.3. The molecule has 150 heavy (non-hydrogen) atoms. The molecule has 3 spiro atoms. The first-order valence-electron chi connectivity index (χ1n) is 51.0. The lowest BCUT2D eigenvalue weighted by atomic mass is 9.55. The van der Waals surface area contributed by atoms with Crippen LogP contribution in [0.2, 0.25) is 0 Å². The van der Waals surface area contributed by atoms with Crippen LogP contribution < -0.4 is 0 Å². The largest absolute Gasteiger partial charge is 0.228 e. The number of hydrogen-bond acceptors (Lipinski definition) is 11. The lowest BCUT2D eigenvalue weighted by Gasteiger charge is -2.46. The van der Waals surface area contributed by atoms with Crippen LogP contribution in [0.25, 0.3) is 147 Å². The molecule has 3 heterocycles. The summed E-state index contributed by atoms with van der Waals surface area (Å²) >= 11 is 0. The number of nitrogens with zero attached hydrogens (tertiary/aromatic N) is 11. The van der Waals surface area contributed by atoms with E-state index in [1.54, 1.807) is 12.1 Å². The topological polar surface area (TPSA) is 174 Å². The van der Waals surface area contributed by atoms with Crippen molar-refractivity contribution in [2.45, 2.75) is 74.0 Å². The molecule has 19 aromatic carbocycles. The van der Waals surface area contributed by atoms with Crippen molar-refractivity contribution in [2.24, 2.45) is 0 Å². The number of fused-ring (bicyclic) bond motifs is 27. The molecule has 0 unspecified atom stereocenters. The van der Waals surface area contributed by atoms with Gasteiger partial charge in [-0.3, -0.25) is 0 Å². The van der Waals surface area contributed by atoms with Gasteiger partial charge in [0.15, 0.2) is 40.8 Å². The fraction of sp³-hybridized carbons (Fsp3) is 0.0863. The molecular formula is C139H95N11. The molecule has 0 saturated heterocycles. The maximum atomic E-state index is 9.63. The molecule has 6 aliphatic carbocycles. The third kappa shape index (κ3) is 14.1. The van der Waals surface area contributed by atoms with Gasteiger partial charge in [0, 0.05) is 66.3 Å². The zero-order valence-corrected chi connectivity index (χ0v) is 83.4. The van der Waals surface area contributed by atoms with Crippen molar-refractivity contribution in [2.75, 3.05) is 0 Å². The van der Waals surface area contributed by atoms with Gasteiger partial charge in [-0.2, -0.15) is 15.8 Å². The zero-order chi connectivity index (χ0) is 101. The van der Waals surface area contributed by atoms with Crippen molar-refractivity contribution in [3.8, 4) is 165 Å². The first kappa shape index (κ1) is 90.7. The van der Waals surface area contributed by atoms with E-state index in [0.717, 1.165) is 67.0 Å². The van der Waals surface area contributed by atoms with Gasteiger partial charge in [0.1, 0.15) is 0 Å². The summed E-state index contributed by atoms with van der Waals surface area (Å²) in [5.74, 6) is 4.07. The molecule has 706 valence electrons. The smallest absolute Gasteiger partial charge is 0.164 e. The Morgan fingerprint density at radius 1 is 0.153 bits per heavy atom. The zero-order valence-electron chi connectivity index (χ0n) is 83.4. The third-order valence-electron chi connectivity index (χ3n) is 32.1. The molecule has 3 aromatic heterocycles. The second kappa shape index (κ2) is 35.6. The maximum absolute atomic E-state index is 9.63. The Bertz CT molecular complexity index is 9280. The quantitative estimate of drug-likeness (QED) is 0.127. The van der Waals surface area contributed by atoms with Crippen LogP contribution in [0.5, 0.6) is 0 Å². The summed E-state index contributed by atoms with van der Waals surface area (Å²) in [4.78, 5) is 40.1. The van der Waals surface area contributed by atoms with Crippen molar-refractivity contribution in [3.05, 3.63) is 584 Å². The summed E-state index contributed by atoms with van der Waals surface area (Å²) in [5.41, 5.74) is 43.1. The van der Waals surface area contributed by atoms with E-state index in [2.05, 4.69) is 369 Å². The standard InChI is InChI=1S/C51H35N3.2C44H30N4/c1-50(2)41-21-8-10-23-43(41)51(44-24-11-9-22-42(44)50)40-20-7-6-18-39(40)48-38(19-13-25-45(48)51)34-26-28-36(29-27-34)49-53-46(35-15-4-3-5-16-35)31-47(54-49)37-17-12-14-33(30-37)32-52;1-43(2)36-19-8-10-21-38(36)44(39-22-11-9-20-37(39)43)34-18-7-6-17-32(34)33-26-31(23-24-35(33)44)42-47-40(29-14-4-3-5-15-29)46-41(48-42)30-16-12-13-28(25-30)27-45;1-43(2)35-19-8-10-21-37(35)44(38-22-11-9-20-36(38)43)34-18-7-6-17-32(34)33-24-23-31(26-39(33)44)42-47-40(29-14-4-3-5-15-29)46-41(48-42)30-16-12-13-28(25-30)27-45/h3-31H,1-2H3;2*3-26H,1-2H3. The summed E-state index contributed by atoms with van der Waals surface area (Å²) in [7, 11) is 0. The van der Waals surface area contributed by atoms with Gasteiger partial charge >= 0.3 is 0 Å². The second-order valence-electron chi connectivity index (χ2n) is 41.1. The molecule has 0 aliphatic heterocycles. The van der Waals surface area contributed by atoms with Crippen LogP contribution in [-0.2, 0) is 32.5 Å². The Kier molecular flexibility index (Phi) is 21.5. The van der Waals surface area contributed by atoms with Crippen molar-refractivity contribution in [1.29, 1.82) is 15.8 Å². The predicted octanol–water partition coefficient (Wildman–Crippen LogP) is 31.5. The van der Waals surface area contributed by atoms with Crippen molar-refractivity contribution in [1.82, 2.24) is 39.9 Å². The molecule has 0 N–H and O–H groups in total. The van der Waals surface area contributed by atoms with E-state index < -0.39 is 16.2 Å². The minimum absolute atomic E-state index is 0.137. The molecule has 22 aromatic rings. The average molecular weight is 1920 g/mol. The minimum atomic E-state index is -0.510. The molecule has 0 bridgehead atoms. The van der Waals surface area contributed by atoms with Gasteiger partial charge in [0.05, 0.1) is 62.5 Å². The lowest BCUT2D eigenvalue weighted by Crippen LogP contribution is -2.40. The van der Waals surface area contributed by atoms with Crippen molar-refractivity contribution in [3.63, 3.8) is 0 Å². The van der Waals surface area contributed by atoms with Crippen LogP contribution in [0.1, 0.15) is 158 Å². The van der Waals surface area contributed by atoms with Crippen LogP contribution >= 0.6 is 0 Å². The molecule has 0 atom stereocenters. The molecule has 28 rings (SSSR count). The SMILES string of the molecule is CC1(C)c2ccccc2C2(c3ccccc3-c3c(-c4ccc(-c5nc(-c6ccccc6)cc(-c6cccc(C#N)c6)n5)cc4)cccc32)c2ccccc21.CC1(C)c2ccccc2C2(c3ccccc3-c3cc(-c4nc(-c5ccccc5)nc(-c5cccc(C#N)c5)n4)ccc32)c2ccccc21.CC1(C)c2ccccc2C2(c3ccccc3-c3ccc(-c4nc(-c5ccccc5)nc(-c5cccc(C#N)c5)n4)cc32)c2ccccc21. The van der Waals surface area contributed by atoms with Gasteiger partial charge in [-0.15, -0.1) is 0 Å². The van der Waals surface area contributed by atoms with E-state index in [1.807, 2.05) is 146 Å². The highest BCUT2D eigenvalue weighted by Crippen LogP contribution is 2.67. The van der Waals surface area contributed by atoms with Crippen LogP contribution in [0.4, 0.5) is 0 Å². The number of hydrogen-bond donors (Lipinski definition) is 0. The molecule has 0 amide bonds. The van der Waals surface area contributed by atoms with Gasteiger partial charge in [-0.1, -0.05) is 454 Å². The number of rotatable bonds is 10. The Balaban J connectivity index is 0.000000114. The molecule has 0 fully saturated rings. The Labute approximate surface area is 872 Å². The van der Waals surface area contributed by atoms with E-state index in [1.165, 1.54) is 139 Å². The third-order valence-corrected chi connectivity index (χ3v) is 32.1. The molecule has 0 saturated carbocycles. The van der Waals surface area contributed by atoms with E-state index in [-0.39, 0.29) is 16.2 Å². The molecule has 11 heteroatoms. The highest BCUT2D eigenvalue weighted by molar-refractivity contribution is 5.98. The Hall–Kier alpha value is -19.3. The average Bonchev–Trinajstić information content (AvgIpc) is 1.49. The summed E-state index contributed by atoms with van der Waals surface area (Å²) in [6.45, 7) is 14.1. The molecule has 11 nitrogen and oxygen atoms in total. The van der Waals surface area contributed by atoms with Crippen molar-refractivity contribution < 1.29 is 0 Å². The Morgan fingerprint density at radius 2 is 0.400 bits per heavy atom. The minimum Gasteiger partial charge on any atom is -0.228 e. The molecule has 6 aliphatic rings. The van der Waals surface area contributed by atoms with E-state index in [0.29, 0.717) is 57.5 Å². The summed E-state index contributed by atoms with van der Waals surface area (Å²) in [5, 5.41) is 28.8. The number of aromatic nitrogens is 8. The van der Waals surface area contributed by atoms with E-state index in [4.69, 9.17) is 39.9 Å². The highest BCUT2D eigenvalue weighted by atomic mass is 15.0. The Morgan fingerprint density at radius 3 is 0.820 bits per heavy atom. The van der Waals surface area contributed by atoms with Crippen LogP contribution in [0, 0.1) is 34.0 Å². The number of benzene rings is 19. The fourth-order valence-electron chi connectivity index (χ4n) is 25.3. The normalized spacial score (nSPS) is 14.2. The van der Waals surface area contributed by atoms with Crippen LogP contribution in [0.15, 0.2) is 467 Å². The summed E-state index contributed by atoms with van der Waals surface area (Å²) in [6, 6.07) is 171. The second-order valence-corrected chi connectivity index (χ2v) is 41.1. The first-order valence-corrected chi connectivity index (χ1v) is 51.0. The molecule has 0 radical (unpaired) electrons.